The van der Waals surface area contributed by atoms with Crippen LogP contribution in [-0.2, 0) is 20.9 Å². The quantitative estimate of drug-likeness (QED) is 0.779. The van der Waals surface area contributed by atoms with E-state index in [-0.39, 0.29) is 24.8 Å². The molecule has 8 nitrogen and oxygen atoms in total. The molecule has 29 heavy (non-hydrogen) atoms. The predicted octanol–water partition coefficient (Wildman–Crippen LogP) is 1.68. The maximum Gasteiger partial charge on any atom is 0.325 e. The second kappa shape index (κ2) is 7.33. The van der Waals surface area contributed by atoms with Crippen LogP contribution in [0, 0.1) is 0 Å². The number of urea groups is 1. The number of rotatable bonds is 3. The molecule has 4 rings (SSSR count). The van der Waals surface area contributed by atoms with Crippen LogP contribution in [0.4, 0.5) is 4.79 Å². The average molecular weight is 401 g/mol. The second-order valence-corrected chi connectivity index (χ2v) is 8.52. The molecule has 4 amide bonds. The number of fused-ring (bicyclic) bond motifs is 1. The van der Waals surface area contributed by atoms with E-state index in [0.29, 0.717) is 39.1 Å². The Hall–Kier alpha value is -2.61. The summed E-state index contributed by atoms with van der Waals surface area (Å²) in [5.74, 6) is 0.405. The van der Waals surface area contributed by atoms with Gasteiger partial charge in [-0.2, -0.15) is 0 Å². The number of carbonyl (C=O) groups excluding carboxylic acids is 3. The van der Waals surface area contributed by atoms with Gasteiger partial charge in [0, 0.05) is 37.9 Å². The van der Waals surface area contributed by atoms with Crippen molar-refractivity contribution >= 4 is 17.8 Å². The van der Waals surface area contributed by atoms with Gasteiger partial charge in [0.25, 0.3) is 5.91 Å². The van der Waals surface area contributed by atoms with Crippen molar-refractivity contribution in [2.45, 2.75) is 50.8 Å². The van der Waals surface area contributed by atoms with Crippen LogP contribution in [-0.4, -0.2) is 65.1 Å². The van der Waals surface area contributed by atoms with Gasteiger partial charge in [-0.3, -0.25) is 14.5 Å². The Balaban J connectivity index is 1.50. The number of benzene rings is 1. The lowest BCUT2D eigenvalue weighted by Gasteiger charge is -2.39. The molecule has 0 radical (unpaired) electrons. The molecule has 0 aliphatic carbocycles. The van der Waals surface area contributed by atoms with Crippen molar-refractivity contribution in [3.63, 3.8) is 0 Å². The highest BCUT2D eigenvalue weighted by Gasteiger charge is 2.45. The Morgan fingerprint density at radius 3 is 2.59 bits per heavy atom. The number of hydrogen-bond donors (Lipinski definition) is 1. The van der Waals surface area contributed by atoms with Gasteiger partial charge in [0.15, 0.2) is 0 Å². The van der Waals surface area contributed by atoms with Gasteiger partial charge in [-0.25, -0.2) is 4.79 Å². The fourth-order valence-electron chi connectivity index (χ4n) is 4.18. The molecule has 156 valence electrons. The summed E-state index contributed by atoms with van der Waals surface area (Å²) in [5.41, 5.74) is -0.439. The zero-order chi connectivity index (χ0) is 20.6. The molecule has 2 fully saturated rings. The summed E-state index contributed by atoms with van der Waals surface area (Å²) >= 11 is 0. The summed E-state index contributed by atoms with van der Waals surface area (Å²) < 4.78 is 11.9. The van der Waals surface area contributed by atoms with Crippen LogP contribution in [0.15, 0.2) is 24.3 Å². The molecule has 0 unspecified atom stereocenters. The monoisotopic (exact) mass is 401 g/mol. The van der Waals surface area contributed by atoms with Gasteiger partial charge in [0.2, 0.25) is 5.91 Å². The van der Waals surface area contributed by atoms with Gasteiger partial charge >= 0.3 is 6.03 Å². The smallest absolute Gasteiger partial charge is 0.325 e. The van der Waals surface area contributed by atoms with Crippen molar-refractivity contribution in [3.05, 3.63) is 29.8 Å². The number of nitrogens with zero attached hydrogens (tertiary/aromatic N) is 2. The number of para-hydroxylation sites is 1. The maximum atomic E-state index is 13.1. The number of carbonyl (C=O) groups is 3. The lowest BCUT2D eigenvalue weighted by molar-refractivity contribution is -0.137. The Morgan fingerprint density at radius 1 is 1.17 bits per heavy atom. The van der Waals surface area contributed by atoms with Gasteiger partial charge in [-0.15, -0.1) is 0 Å². The standard InChI is InChI=1S/C21H27N3O5/c1-20(2)18(26)24(19(27)22-20)10-7-17(25)23-13-15-5-3-4-6-16(15)29-21(14-23)8-11-28-12-9-21/h3-6H,7-14H2,1-2H3,(H,22,27). The van der Waals surface area contributed by atoms with Crippen molar-refractivity contribution in [3.8, 4) is 5.75 Å². The summed E-state index contributed by atoms with van der Waals surface area (Å²) in [7, 11) is 0. The average Bonchev–Trinajstić information content (AvgIpc) is 2.81. The molecule has 1 spiro atoms. The Labute approximate surface area is 170 Å². The van der Waals surface area contributed by atoms with Gasteiger partial charge in [0.1, 0.15) is 16.9 Å². The van der Waals surface area contributed by atoms with Crippen LogP contribution in [0.1, 0.15) is 38.7 Å². The molecular weight excluding hydrogens is 374 g/mol. The number of hydrogen-bond acceptors (Lipinski definition) is 5. The molecule has 0 atom stereocenters. The molecule has 1 aromatic rings. The lowest BCUT2D eigenvalue weighted by atomic mass is 9.93. The van der Waals surface area contributed by atoms with Crippen molar-refractivity contribution in [2.24, 2.45) is 0 Å². The van der Waals surface area contributed by atoms with Crippen molar-refractivity contribution in [1.29, 1.82) is 0 Å². The topological polar surface area (TPSA) is 88.2 Å². The van der Waals surface area contributed by atoms with Crippen LogP contribution in [0.25, 0.3) is 0 Å². The minimum Gasteiger partial charge on any atom is -0.485 e. The van der Waals surface area contributed by atoms with Gasteiger partial charge in [-0.1, -0.05) is 18.2 Å². The highest BCUT2D eigenvalue weighted by atomic mass is 16.5. The molecule has 3 aliphatic heterocycles. The SMILES string of the molecule is CC1(C)NC(=O)N(CCC(=O)N2Cc3ccccc3OC3(CCOCC3)C2)C1=O. The van der Waals surface area contributed by atoms with Crippen molar-refractivity contribution in [2.75, 3.05) is 26.3 Å². The zero-order valence-electron chi connectivity index (χ0n) is 16.9. The van der Waals surface area contributed by atoms with Gasteiger partial charge in [-0.05, 0) is 19.9 Å². The molecule has 3 heterocycles. The van der Waals surface area contributed by atoms with E-state index in [2.05, 4.69) is 5.32 Å². The van der Waals surface area contributed by atoms with Crippen LogP contribution in [0.5, 0.6) is 5.75 Å². The summed E-state index contributed by atoms with van der Waals surface area (Å²) in [4.78, 5) is 40.5. The number of imide groups is 1. The Bertz CT molecular complexity index is 831. The Morgan fingerprint density at radius 2 is 1.90 bits per heavy atom. The van der Waals surface area contributed by atoms with Crippen LogP contribution in [0.3, 0.4) is 0 Å². The largest absolute Gasteiger partial charge is 0.485 e. The van der Waals surface area contributed by atoms with Crippen LogP contribution >= 0.6 is 0 Å². The first-order valence-electron chi connectivity index (χ1n) is 10.1. The fraction of sp³-hybridized carbons (Fsp3) is 0.571. The highest BCUT2D eigenvalue weighted by Crippen LogP contribution is 2.35. The minimum atomic E-state index is -0.929. The van der Waals surface area contributed by atoms with E-state index in [1.165, 1.54) is 0 Å². The van der Waals surface area contributed by atoms with Crippen LogP contribution in [0.2, 0.25) is 0 Å². The molecule has 8 heteroatoms. The first-order valence-corrected chi connectivity index (χ1v) is 10.1. The predicted molar refractivity (Wildman–Crippen MR) is 104 cm³/mol. The third-order valence-corrected chi connectivity index (χ3v) is 5.89. The van der Waals surface area contributed by atoms with E-state index >= 15 is 0 Å². The molecule has 0 bridgehead atoms. The second-order valence-electron chi connectivity index (χ2n) is 8.52. The van der Waals surface area contributed by atoms with E-state index in [1.807, 2.05) is 24.3 Å². The third kappa shape index (κ3) is 3.81. The third-order valence-electron chi connectivity index (χ3n) is 5.89. The first-order chi connectivity index (χ1) is 13.8. The van der Waals surface area contributed by atoms with Crippen LogP contribution < -0.4 is 10.1 Å². The first kappa shape index (κ1) is 19.7. The Kier molecular flexibility index (Phi) is 4.98. The van der Waals surface area contributed by atoms with E-state index < -0.39 is 17.2 Å². The lowest BCUT2D eigenvalue weighted by Crippen LogP contribution is -2.51. The molecule has 3 aliphatic rings. The molecular formula is C21H27N3O5. The maximum absolute atomic E-state index is 13.1. The van der Waals surface area contributed by atoms with E-state index in [4.69, 9.17) is 9.47 Å². The zero-order valence-corrected chi connectivity index (χ0v) is 16.9. The molecule has 0 saturated carbocycles. The summed E-state index contributed by atoms with van der Waals surface area (Å²) in [6.07, 6.45) is 1.52. The number of ether oxygens (including phenoxy) is 2. The van der Waals surface area contributed by atoms with Crippen molar-refractivity contribution in [1.82, 2.24) is 15.1 Å². The normalized spacial score (nSPS) is 22.7. The molecule has 1 aromatic carbocycles. The van der Waals surface area contributed by atoms with E-state index in [9.17, 15) is 14.4 Å². The van der Waals surface area contributed by atoms with E-state index in [1.54, 1.807) is 18.7 Å². The summed E-state index contributed by atoms with van der Waals surface area (Å²) in [5, 5.41) is 2.64. The fourth-order valence-corrected chi connectivity index (χ4v) is 4.18. The molecule has 0 aromatic heterocycles. The van der Waals surface area contributed by atoms with E-state index in [0.717, 1.165) is 16.2 Å². The molecule has 1 N–H and O–H groups in total. The van der Waals surface area contributed by atoms with Gasteiger partial charge in [0.05, 0.1) is 19.8 Å². The minimum absolute atomic E-state index is 0.0715. The number of nitrogens with one attached hydrogen (secondary N) is 1. The number of amides is 4. The van der Waals surface area contributed by atoms with Gasteiger partial charge < -0.3 is 19.7 Å². The summed E-state index contributed by atoms with van der Waals surface area (Å²) in [6.45, 7) is 5.50. The van der Waals surface area contributed by atoms with Crippen molar-refractivity contribution < 1.29 is 23.9 Å². The summed E-state index contributed by atoms with van der Waals surface area (Å²) in [6, 6.07) is 7.33. The molecule has 2 saturated heterocycles. The highest BCUT2D eigenvalue weighted by molar-refractivity contribution is 6.06.